The number of benzene rings is 2. The molecule has 0 saturated carbocycles. The summed E-state index contributed by atoms with van der Waals surface area (Å²) in [5.41, 5.74) is 10.4. The minimum atomic E-state index is -0.496. The molecule has 4 rings (SSSR count). The van der Waals surface area contributed by atoms with Crippen molar-refractivity contribution in [3.63, 3.8) is 0 Å². The Bertz CT molecular complexity index is 1080. The van der Waals surface area contributed by atoms with Gasteiger partial charge in [0.2, 0.25) is 0 Å². The number of carbonyl (C=O) groups is 1. The van der Waals surface area contributed by atoms with Crippen LogP contribution in [0.1, 0.15) is 20.8 Å². The number of fused-ring (bicyclic) bond motifs is 1. The van der Waals surface area contributed by atoms with E-state index in [1.165, 1.54) is 16.9 Å². The Morgan fingerprint density at radius 3 is 2.73 bits per heavy atom. The van der Waals surface area contributed by atoms with Crippen LogP contribution in [-0.2, 0) is 6.61 Å². The highest BCUT2D eigenvalue weighted by molar-refractivity contribution is 7.12. The van der Waals surface area contributed by atoms with Gasteiger partial charge in [-0.2, -0.15) is 0 Å². The first-order valence-electron chi connectivity index (χ1n) is 8.15. The number of thiophene rings is 1. The number of primary amides is 1. The van der Waals surface area contributed by atoms with Gasteiger partial charge in [0, 0.05) is 5.38 Å². The topological polar surface area (TPSA) is 70.1 Å². The summed E-state index contributed by atoms with van der Waals surface area (Å²) >= 11 is 1.28. The van der Waals surface area contributed by atoms with Gasteiger partial charge < -0.3 is 10.5 Å². The predicted molar refractivity (Wildman–Crippen MR) is 103 cm³/mol. The maximum absolute atomic E-state index is 11.9. The van der Waals surface area contributed by atoms with E-state index in [0.717, 1.165) is 22.3 Å². The molecule has 6 heteroatoms. The van der Waals surface area contributed by atoms with Gasteiger partial charge in [-0.05, 0) is 24.6 Å². The van der Waals surface area contributed by atoms with Crippen molar-refractivity contribution in [2.24, 2.45) is 5.73 Å². The number of aryl methyl sites for hydroxylation is 1. The molecule has 2 heterocycles. The van der Waals surface area contributed by atoms with Gasteiger partial charge in [0.1, 0.15) is 23.5 Å². The number of aromatic nitrogens is 2. The third-order valence-electron chi connectivity index (χ3n) is 4.17. The van der Waals surface area contributed by atoms with Crippen LogP contribution in [0.5, 0.6) is 5.75 Å². The van der Waals surface area contributed by atoms with Crippen molar-refractivity contribution in [2.45, 2.75) is 13.5 Å². The SMILES string of the molecule is Cc1ccc(COc2c(-n3cnc4ccccc43)csc2C(N)=O)cc1. The second kappa shape index (κ2) is 6.65. The Kier molecular flexibility index (Phi) is 4.18. The highest BCUT2D eigenvalue weighted by atomic mass is 32.1. The normalized spacial score (nSPS) is 11.0. The van der Waals surface area contributed by atoms with E-state index in [-0.39, 0.29) is 0 Å². The van der Waals surface area contributed by atoms with Crippen LogP contribution in [0.15, 0.2) is 60.2 Å². The highest BCUT2D eigenvalue weighted by Crippen LogP contribution is 2.35. The lowest BCUT2D eigenvalue weighted by molar-refractivity contribution is 0.1000. The molecule has 0 spiro atoms. The number of nitrogens with zero attached hydrogens (tertiary/aromatic N) is 2. The van der Waals surface area contributed by atoms with E-state index in [0.29, 0.717) is 17.2 Å². The number of para-hydroxylation sites is 2. The summed E-state index contributed by atoms with van der Waals surface area (Å²) in [4.78, 5) is 16.7. The third kappa shape index (κ3) is 2.95. The Labute approximate surface area is 154 Å². The number of rotatable bonds is 5. The monoisotopic (exact) mass is 363 g/mol. The molecule has 0 aliphatic heterocycles. The summed E-state index contributed by atoms with van der Waals surface area (Å²) in [5.74, 6) is -0.00388. The van der Waals surface area contributed by atoms with Gasteiger partial charge in [-0.25, -0.2) is 4.98 Å². The van der Waals surface area contributed by atoms with Crippen molar-refractivity contribution in [2.75, 3.05) is 0 Å². The van der Waals surface area contributed by atoms with Gasteiger partial charge in [-0.3, -0.25) is 9.36 Å². The maximum Gasteiger partial charge on any atom is 0.262 e. The van der Waals surface area contributed by atoms with Crippen LogP contribution in [-0.4, -0.2) is 15.5 Å². The molecule has 0 atom stereocenters. The van der Waals surface area contributed by atoms with E-state index >= 15 is 0 Å². The van der Waals surface area contributed by atoms with Crippen molar-refractivity contribution < 1.29 is 9.53 Å². The standard InChI is InChI=1S/C20H17N3O2S/c1-13-6-8-14(9-7-13)10-25-18-17(11-26-19(18)20(21)24)23-12-22-15-4-2-3-5-16(15)23/h2-9,11-12H,10H2,1H3,(H2,21,24). The van der Waals surface area contributed by atoms with E-state index in [9.17, 15) is 4.79 Å². The fourth-order valence-corrected chi connectivity index (χ4v) is 3.64. The lowest BCUT2D eigenvalue weighted by Crippen LogP contribution is -2.11. The first-order chi connectivity index (χ1) is 12.6. The molecule has 26 heavy (non-hydrogen) atoms. The van der Waals surface area contributed by atoms with Crippen LogP contribution in [0, 0.1) is 6.92 Å². The smallest absolute Gasteiger partial charge is 0.262 e. The van der Waals surface area contributed by atoms with E-state index in [1.807, 2.05) is 65.4 Å². The Hall–Kier alpha value is -3.12. The minimum Gasteiger partial charge on any atom is -0.485 e. The van der Waals surface area contributed by atoms with E-state index in [4.69, 9.17) is 10.5 Å². The molecule has 0 saturated heterocycles. The number of nitrogens with two attached hydrogens (primary N) is 1. The minimum absolute atomic E-state index is 0.358. The molecular weight excluding hydrogens is 346 g/mol. The Morgan fingerprint density at radius 2 is 1.96 bits per heavy atom. The molecule has 2 aromatic heterocycles. The molecular formula is C20H17N3O2S. The molecule has 4 aromatic rings. The highest BCUT2D eigenvalue weighted by Gasteiger charge is 2.20. The quantitative estimate of drug-likeness (QED) is 0.581. The molecule has 0 aliphatic rings. The first-order valence-corrected chi connectivity index (χ1v) is 9.03. The van der Waals surface area contributed by atoms with Gasteiger partial charge in [0.15, 0.2) is 5.75 Å². The number of amides is 1. The number of carbonyl (C=O) groups excluding carboxylic acids is 1. The van der Waals surface area contributed by atoms with Crippen LogP contribution < -0.4 is 10.5 Å². The molecule has 130 valence electrons. The van der Waals surface area contributed by atoms with Crippen molar-refractivity contribution in [1.29, 1.82) is 0 Å². The van der Waals surface area contributed by atoms with Crippen LogP contribution in [0.3, 0.4) is 0 Å². The largest absolute Gasteiger partial charge is 0.485 e. The second-order valence-electron chi connectivity index (χ2n) is 6.02. The van der Waals surface area contributed by atoms with Crippen molar-refractivity contribution in [3.05, 3.63) is 76.2 Å². The Morgan fingerprint density at radius 1 is 1.19 bits per heavy atom. The van der Waals surface area contributed by atoms with Crippen molar-refractivity contribution >= 4 is 28.3 Å². The van der Waals surface area contributed by atoms with Crippen LogP contribution in [0.25, 0.3) is 16.7 Å². The van der Waals surface area contributed by atoms with Crippen LogP contribution >= 0.6 is 11.3 Å². The van der Waals surface area contributed by atoms with E-state index < -0.39 is 5.91 Å². The van der Waals surface area contributed by atoms with E-state index in [2.05, 4.69) is 4.98 Å². The summed E-state index contributed by atoms with van der Waals surface area (Å²) < 4.78 is 7.95. The molecule has 5 nitrogen and oxygen atoms in total. The summed E-state index contributed by atoms with van der Waals surface area (Å²) in [6, 6.07) is 15.9. The predicted octanol–water partition coefficient (Wildman–Crippen LogP) is 4.07. The van der Waals surface area contributed by atoms with Gasteiger partial charge in [0.05, 0.1) is 11.0 Å². The summed E-state index contributed by atoms with van der Waals surface area (Å²) in [7, 11) is 0. The Balaban J connectivity index is 1.74. The summed E-state index contributed by atoms with van der Waals surface area (Å²) in [5, 5.41) is 1.87. The zero-order chi connectivity index (χ0) is 18.1. The number of hydrogen-bond acceptors (Lipinski definition) is 4. The van der Waals surface area contributed by atoms with Crippen molar-refractivity contribution in [3.8, 4) is 11.4 Å². The number of hydrogen-bond donors (Lipinski definition) is 1. The molecule has 0 unspecified atom stereocenters. The zero-order valence-electron chi connectivity index (χ0n) is 14.2. The van der Waals surface area contributed by atoms with Crippen LogP contribution in [0.4, 0.5) is 0 Å². The van der Waals surface area contributed by atoms with Crippen molar-refractivity contribution in [1.82, 2.24) is 9.55 Å². The fourth-order valence-electron chi connectivity index (χ4n) is 2.80. The molecule has 0 fully saturated rings. The van der Waals surface area contributed by atoms with Gasteiger partial charge in [0.25, 0.3) is 5.91 Å². The second-order valence-corrected chi connectivity index (χ2v) is 6.90. The first kappa shape index (κ1) is 16.4. The number of ether oxygens (including phenoxy) is 1. The summed E-state index contributed by atoms with van der Waals surface area (Å²) in [6.45, 7) is 2.40. The summed E-state index contributed by atoms with van der Waals surface area (Å²) in [6.07, 6.45) is 1.73. The van der Waals surface area contributed by atoms with E-state index in [1.54, 1.807) is 6.33 Å². The average molecular weight is 363 g/mol. The van der Waals surface area contributed by atoms with Gasteiger partial charge in [-0.1, -0.05) is 42.0 Å². The zero-order valence-corrected chi connectivity index (χ0v) is 15.0. The molecule has 2 N–H and O–H groups in total. The van der Waals surface area contributed by atoms with Crippen LogP contribution in [0.2, 0.25) is 0 Å². The average Bonchev–Trinajstić information content (AvgIpc) is 3.25. The molecule has 0 radical (unpaired) electrons. The maximum atomic E-state index is 11.9. The lowest BCUT2D eigenvalue weighted by Gasteiger charge is -2.11. The van der Waals surface area contributed by atoms with Gasteiger partial charge in [-0.15, -0.1) is 11.3 Å². The molecule has 0 aliphatic carbocycles. The fraction of sp³-hybridized carbons (Fsp3) is 0.100. The molecule has 0 bridgehead atoms. The van der Waals surface area contributed by atoms with Gasteiger partial charge >= 0.3 is 0 Å². The lowest BCUT2D eigenvalue weighted by atomic mass is 10.2. The molecule has 1 amide bonds. The number of imidazole rings is 1. The molecule has 2 aromatic carbocycles. The third-order valence-corrected chi connectivity index (χ3v) is 5.13.